The molecule has 4 aromatic rings. The third-order valence-electron chi connectivity index (χ3n) is 2.75. The summed E-state index contributed by atoms with van der Waals surface area (Å²) in [6, 6.07) is 8.04. The molecule has 0 spiro atoms. The van der Waals surface area contributed by atoms with Crippen molar-refractivity contribution in [3.05, 3.63) is 36.7 Å². The van der Waals surface area contributed by atoms with Gasteiger partial charge in [0.1, 0.15) is 17.4 Å². The molecule has 0 fully saturated rings. The van der Waals surface area contributed by atoms with Gasteiger partial charge in [-0.25, -0.2) is 10.1 Å². The first-order chi connectivity index (χ1) is 7.43. The fraction of sp³-hybridized carbons (Fsp3) is 0. The Morgan fingerprint density at radius 2 is 2.27 bits per heavy atom. The molecule has 3 aromatic heterocycles. The highest BCUT2D eigenvalue weighted by Gasteiger charge is 2.09. The molecule has 1 aromatic carbocycles. The second-order valence-corrected chi connectivity index (χ2v) is 3.58. The summed E-state index contributed by atoms with van der Waals surface area (Å²) in [6.45, 7) is 0. The quantitative estimate of drug-likeness (QED) is 0.471. The van der Waals surface area contributed by atoms with Gasteiger partial charge in [-0.1, -0.05) is 0 Å². The number of fused-ring (bicyclic) bond motifs is 5. The average Bonchev–Trinajstić information content (AvgIpc) is 2.90. The maximum absolute atomic E-state index is 5.07. The number of H-pyrrole nitrogens is 1. The molecule has 0 saturated heterocycles. The number of nitrogens with one attached hydrogen (secondary N) is 1. The molecule has 0 saturated carbocycles. The van der Waals surface area contributed by atoms with Gasteiger partial charge in [0.05, 0.1) is 16.4 Å². The van der Waals surface area contributed by atoms with Gasteiger partial charge >= 0.3 is 0 Å². The Kier molecular flexibility index (Phi) is 1.06. The largest absolute Gasteiger partial charge is 0.389 e. The summed E-state index contributed by atoms with van der Waals surface area (Å²) in [4.78, 5) is 4.56. The van der Waals surface area contributed by atoms with Gasteiger partial charge in [-0.05, 0) is 24.3 Å². The minimum absolute atomic E-state index is 0.971. The Balaban J connectivity index is 2.41. The summed E-state index contributed by atoms with van der Waals surface area (Å²) in [7, 11) is 0. The molecular weight excluding hydrogens is 190 g/mol. The zero-order chi connectivity index (χ0) is 9.83. The van der Waals surface area contributed by atoms with Crippen LogP contribution >= 0.6 is 0 Å². The van der Waals surface area contributed by atoms with E-state index < -0.39 is 0 Å². The maximum Gasteiger partial charge on any atom is 0.137 e. The molecule has 0 aliphatic heterocycles. The number of benzene rings is 1. The second-order valence-electron chi connectivity index (χ2n) is 3.58. The van der Waals surface area contributed by atoms with E-state index in [4.69, 9.17) is 4.52 Å². The fourth-order valence-electron chi connectivity index (χ4n) is 2.05. The Labute approximate surface area is 84.1 Å². The summed E-state index contributed by atoms with van der Waals surface area (Å²) < 4.78 is 7.14. The van der Waals surface area contributed by atoms with Crippen LogP contribution in [-0.4, -0.2) is 14.5 Å². The van der Waals surface area contributed by atoms with Crippen LogP contribution in [0, 0.1) is 0 Å². The van der Waals surface area contributed by atoms with E-state index in [1.807, 2.05) is 30.5 Å². The first-order valence-corrected chi connectivity index (χ1v) is 4.75. The molecule has 1 N–H and O–H groups in total. The monoisotopic (exact) mass is 197 g/mol. The smallest absolute Gasteiger partial charge is 0.137 e. The molecule has 4 heteroatoms. The van der Waals surface area contributed by atoms with Crippen molar-refractivity contribution >= 4 is 27.6 Å². The molecule has 15 heavy (non-hydrogen) atoms. The molecule has 0 aliphatic carbocycles. The lowest BCUT2D eigenvalue weighted by atomic mass is 10.2. The molecule has 0 aliphatic rings. The van der Waals surface area contributed by atoms with Crippen LogP contribution in [-0.2, 0) is 0 Å². The van der Waals surface area contributed by atoms with Crippen LogP contribution in [0.3, 0.4) is 0 Å². The molecule has 0 radical (unpaired) electrons. The van der Waals surface area contributed by atoms with Gasteiger partial charge in [0.15, 0.2) is 0 Å². The molecule has 0 unspecified atom stereocenters. The van der Waals surface area contributed by atoms with Crippen LogP contribution in [0.4, 0.5) is 0 Å². The minimum atomic E-state index is 0.971. The third kappa shape index (κ3) is 0.747. The van der Waals surface area contributed by atoms with Crippen LogP contribution in [0.2, 0.25) is 0 Å². The number of nitrogens with zero attached hydrogens (tertiary/aromatic N) is 2. The van der Waals surface area contributed by atoms with E-state index in [0.717, 1.165) is 27.6 Å². The number of aromatic amines is 1. The van der Waals surface area contributed by atoms with Crippen LogP contribution in [0.5, 0.6) is 0 Å². The Hall–Kier alpha value is -2.23. The maximum atomic E-state index is 5.07. The van der Waals surface area contributed by atoms with E-state index in [1.165, 1.54) is 0 Å². The zero-order valence-electron chi connectivity index (χ0n) is 7.77. The Bertz CT molecular complexity index is 775. The lowest BCUT2D eigenvalue weighted by Crippen LogP contribution is -1.75. The van der Waals surface area contributed by atoms with Crippen LogP contribution in [0.1, 0.15) is 0 Å². The SMILES string of the molecule is c1cc2nc3c4co[nH]c4ccc3n2c1. The third-order valence-corrected chi connectivity index (χ3v) is 2.75. The summed E-state index contributed by atoms with van der Waals surface area (Å²) >= 11 is 0. The van der Waals surface area contributed by atoms with Gasteiger partial charge in [0.25, 0.3) is 0 Å². The number of hydrogen-bond donors (Lipinski definition) is 1. The molecule has 4 nitrogen and oxygen atoms in total. The number of aromatic nitrogens is 3. The van der Waals surface area contributed by atoms with Crippen LogP contribution in [0.15, 0.2) is 41.2 Å². The predicted molar refractivity (Wildman–Crippen MR) is 56.8 cm³/mol. The summed E-state index contributed by atoms with van der Waals surface area (Å²) in [6.07, 6.45) is 3.71. The van der Waals surface area contributed by atoms with Gasteiger partial charge in [0, 0.05) is 6.20 Å². The van der Waals surface area contributed by atoms with Crippen molar-refractivity contribution < 1.29 is 4.52 Å². The lowest BCUT2D eigenvalue weighted by molar-refractivity contribution is 0.428. The zero-order valence-corrected chi connectivity index (χ0v) is 7.77. The van der Waals surface area contributed by atoms with Crippen molar-refractivity contribution in [2.24, 2.45) is 0 Å². The van der Waals surface area contributed by atoms with E-state index in [0.29, 0.717) is 0 Å². The summed E-state index contributed by atoms with van der Waals surface area (Å²) in [5.41, 5.74) is 4.03. The lowest BCUT2D eigenvalue weighted by Gasteiger charge is -1.90. The predicted octanol–water partition coefficient (Wildman–Crippen LogP) is 2.56. The summed E-state index contributed by atoms with van der Waals surface area (Å²) in [5.74, 6) is 0. The first kappa shape index (κ1) is 7.11. The van der Waals surface area contributed by atoms with Gasteiger partial charge in [-0.2, -0.15) is 0 Å². The molecular formula is C11H7N3O. The number of hydrogen-bond acceptors (Lipinski definition) is 2. The molecule has 4 rings (SSSR count). The topological polar surface area (TPSA) is 46.2 Å². The molecule has 0 bridgehead atoms. The van der Waals surface area contributed by atoms with Gasteiger partial charge < -0.3 is 4.52 Å². The van der Waals surface area contributed by atoms with Gasteiger partial charge in [-0.15, -0.1) is 0 Å². The minimum Gasteiger partial charge on any atom is -0.389 e. The normalized spacial score (nSPS) is 12.0. The van der Waals surface area contributed by atoms with Crippen molar-refractivity contribution in [3.8, 4) is 0 Å². The summed E-state index contributed by atoms with van der Waals surface area (Å²) in [5, 5.41) is 3.85. The van der Waals surface area contributed by atoms with E-state index in [2.05, 4.69) is 14.5 Å². The number of imidazole rings is 1. The van der Waals surface area contributed by atoms with E-state index in [-0.39, 0.29) is 0 Å². The number of rotatable bonds is 0. The van der Waals surface area contributed by atoms with Crippen LogP contribution < -0.4 is 0 Å². The highest BCUT2D eigenvalue weighted by molar-refractivity contribution is 6.03. The Morgan fingerprint density at radius 3 is 3.27 bits per heavy atom. The second kappa shape index (κ2) is 2.23. The van der Waals surface area contributed by atoms with Crippen molar-refractivity contribution in [1.29, 1.82) is 0 Å². The van der Waals surface area contributed by atoms with E-state index >= 15 is 0 Å². The van der Waals surface area contributed by atoms with Crippen molar-refractivity contribution in [1.82, 2.24) is 14.5 Å². The fourth-order valence-corrected chi connectivity index (χ4v) is 2.05. The highest BCUT2D eigenvalue weighted by atomic mass is 16.5. The van der Waals surface area contributed by atoms with Crippen LogP contribution in [0.25, 0.3) is 27.6 Å². The van der Waals surface area contributed by atoms with E-state index in [1.54, 1.807) is 6.26 Å². The molecule has 0 atom stereocenters. The Morgan fingerprint density at radius 1 is 1.27 bits per heavy atom. The van der Waals surface area contributed by atoms with Crippen molar-refractivity contribution in [3.63, 3.8) is 0 Å². The molecule has 3 heterocycles. The average molecular weight is 197 g/mol. The van der Waals surface area contributed by atoms with E-state index in [9.17, 15) is 0 Å². The van der Waals surface area contributed by atoms with Crippen molar-refractivity contribution in [2.75, 3.05) is 0 Å². The first-order valence-electron chi connectivity index (χ1n) is 4.75. The van der Waals surface area contributed by atoms with Crippen molar-refractivity contribution in [2.45, 2.75) is 0 Å². The molecule has 0 amide bonds. The van der Waals surface area contributed by atoms with Gasteiger partial charge in [-0.3, -0.25) is 4.40 Å². The standard InChI is InChI=1S/C11H7N3O/c1-2-10-12-11-7-6-15-13-8(7)3-4-9(11)14(10)5-1/h1-6,13H. The van der Waals surface area contributed by atoms with Gasteiger partial charge in [0.2, 0.25) is 0 Å². The molecule has 72 valence electrons. The highest BCUT2D eigenvalue weighted by Crippen LogP contribution is 2.25.